The van der Waals surface area contributed by atoms with Gasteiger partial charge in [0.05, 0.1) is 12.2 Å². The molecule has 1 aliphatic rings. The van der Waals surface area contributed by atoms with E-state index < -0.39 is 30.2 Å². The Kier molecular flexibility index (Phi) is 9.16. The van der Waals surface area contributed by atoms with Crippen LogP contribution in [-0.2, 0) is 14.3 Å². The zero-order chi connectivity index (χ0) is 20.9. The number of esters is 1. The number of Topliss-reactive ketones (excluding diaryl/α,β-unsaturated/α-hetero) is 1. The lowest BCUT2D eigenvalue weighted by Gasteiger charge is -2.33. The van der Waals surface area contributed by atoms with E-state index in [4.69, 9.17) is 4.74 Å². The molecule has 0 radical (unpaired) electrons. The molecule has 2 N–H and O–H groups in total. The van der Waals surface area contributed by atoms with Crippen LogP contribution in [0.25, 0.3) is 0 Å². The molecule has 0 aliphatic carbocycles. The highest BCUT2D eigenvalue weighted by Crippen LogP contribution is 2.29. The highest BCUT2D eigenvalue weighted by atomic mass is 16.5. The van der Waals surface area contributed by atoms with Crippen molar-refractivity contribution in [3.63, 3.8) is 0 Å². The van der Waals surface area contributed by atoms with Crippen molar-refractivity contribution in [1.29, 1.82) is 0 Å². The lowest BCUT2D eigenvalue weighted by molar-refractivity contribution is -0.151. The number of rotatable bonds is 2. The number of carbonyl (C=O) groups is 2. The molecule has 1 rings (SSSR count). The SMILES string of the molecule is CCCC1OC(=O)/C(C)=C/C(C)C(O)C(C)CC(C)C(=O)C(C)C(O)C1C. The van der Waals surface area contributed by atoms with E-state index in [1.807, 2.05) is 34.6 Å². The third kappa shape index (κ3) is 6.15. The summed E-state index contributed by atoms with van der Waals surface area (Å²) in [5.41, 5.74) is 0.464. The number of aliphatic hydroxyl groups is 2. The molecule has 0 aromatic heterocycles. The van der Waals surface area contributed by atoms with Crippen molar-refractivity contribution < 1.29 is 24.5 Å². The zero-order valence-corrected chi connectivity index (χ0v) is 17.9. The van der Waals surface area contributed by atoms with E-state index in [-0.39, 0.29) is 29.5 Å². The summed E-state index contributed by atoms with van der Waals surface area (Å²) in [6, 6.07) is 0. The second kappa shape index (κ2) is 10.4. The van der Waals surface area contributed by atoms with E-state index in [2.05, 4.69) is 0 Å². The van der Waals surface area contributed by atoms with Gasteiger partial charge in [0.15, 0.2) is 0 Å². The number of carbonyl (C=O) groups excluding carboxylic acids is 2. The van der Waals surface area contributed by atoms with Gasteiger partial charge in [0.25, 0.3) is 0 Å². The van der Waals surface area contributed by atoms with Crippen molar-refractivity contribution >= 4 is 11.8 Å². The maximum absolute atomic E-state index is 12.8. The fourth-order valence-electron chi connectivity index (χ4n) is 4.13. The van der Waals surface area contributed by atoms with Crippen LogP contribution < -0.4 is 0 Å². The molecule has 5 heteroatoms. The Hall–Kier alpha value is -1.20. The van der Waals surface area contributed by atoms with E-state index in [0.29, 0.717) is 18.4 Å². The van der Waals surface area contributed by atoms with Crippen molar-refractivity contribution in [1.82, 2.24) is 0 Å². The molecule has 1 heterocycles. The van der Waals surface area contributed by atoms with Gasteiger partial charge in [-0.1, -0.05) is 54.0 Å². The van der Waals surface area contributed by atoms with Gasteiger partial charge in [-0.15, -0.1) is 0 Å². The van der Waals surface area contributed by atoms with Crippen molar-refractivity contribution in [2.75, 3.05) is 0 Å². The van der Waals surface area contributed by atoms with Gasteiger partial charge >= 0.3 is 5.97 Å². The van der Waals surface area contributed by atoms with Crippen LogP contribution in [0.3, 0.4) is 0 Å². The molecule has 1 aliphatic heterocycles. The molecule has 8 unspecified atom stereocenters. The van der Waals surface area contributed by atoms with Gasteiger partial charge in [0, 0.05) is 29.2 Å². The lowest BCUT2D eigenvalue weighted by atomic mass is 9.78. The monoisotopic (exact) mass is 382 g/mol. The predicted octanol–water partition coefficient (Wildman–Crippen LogP) is 3.52. The maximum Gasteiger partial charge on any atom is 0.333 e. The van der Waals surface area contributed by atoms with Crippen LogP contribution in [0.2, 0.25) is 0 Å². The maximum atomic E-state index is 12.8. The normalized spacial score (nSPS) is 42.0. The Labute approximate surface area is 164 Å². The van der Waals surface area contributed by atoms with Gasteiger partial charge < -0.3 is 14.9 Å². The van der Waals surface area contributed by atoms with E-state index >= 15 is 0 Å². The summed E-state index contributed by atoms with van der Waals surface area (Å²) in [6.07, 6.45) is 1.74. The molecule has 8 atom stereocenters. The molecule has 0 bridgehead atoms. The summed E-state index contributed by atoms with van der Waals surface area (Å²) >= 11 is 0. The summed E-state index contributed by atoms with van der Waals surface area (Å²) in [5.74, 6) is -1.89. The number of hydrogen-bond donors (Lipinski definition) is 2. The highest BCUT2D eigenvalue weighted by molar-refractivity contribution is 5.88. The number of ether oxygens (including phenoxy) is 1. The average Bonchev–Trinajstić information content (AvgIpc) is 2.63. The molecule has 0 amide bonds. The first-order valence-electron chi connectivity index (χ1n) is 10.3. The first kappa shape index (κ1) is 23.8. The molecule has 0 spiro atoms. The first-order chi connectivity index (χ1) is 12.5. The molecule has 0 saturated heterocycles. The number of cyclic esters (lactones) is 1. The minimum Gasteiger partial charge on any atom is -0.459 e. The number of ketones is 1. The Bertz CT molecular complexity index is 541. The third-order valence-corrected chi connectivity index (χ3v) is 6.09. The Morgan fingerprint density at radius 3 is 2.22 bits per heavy atom. The van der Waals surface area contributed by atoms with Crippen LogP contribution in [0.4, 0.5) is 0 Å². The Morgan fingerprint density at radius 2 is 1.67 bits per heavy atom. The Morgan fingerprint density at radius 1 is 1.07 bits per heavy atom. The van der Waals surface area contributed by atoms with Crippen LogP contribution in [0, 0.1) is 29.6 Å². The molecule has 27 heavy (non-hydrogen) atoms. The van der Waals surface area contributed by atoms with E-state index in [9.17, 15) is 19.8 Å². The predicted molar refractivity (Wildman–Crippen MR) is 106 cm³/mol. The highest BCUT2D eigenvalue weighted by Gasteiger charge is 2.36. The van der Waals surface area contributed by atoms with Gasteiger partial charge in [0.1, 0.15) is 11.9 Å². The van der Waals surface area contributed by atoms with E-state index in [1.165, 1.54) is 0 Å². The van der Waals surface area contributed by atoms with Crippen LogP contribution in [0.15, 0.2) is 11.6 Å². The van der Waals surface area contributed by atoms with Crippen LogP contribution in [-0.4, -0.2) is 40.3 Å². The average molecular weight is 383 g/mol. The summed E-state index contributed by atoms with van der Waals surface area (Å²) in [4.78, 5) is 25.4. The molecule has 0 aromatic carbocycles. The molecular weight excluding hydrogens is 344 g/mol. The smallest absolute Gasteiger partial charge is 0.333 e. The summed E-state index contributed by atoms with van der Waals surface area (Å²) in [5, 5.41) is 21.4. The van der Waals surface area contributed by atoms with Crippen LogP contribution >= 0.6 is 0 Å². The molecular formula is C22H38O5. The second-order valence-corrected chi connectivity index (χ2v) is 8.59. The van der Waals surface area contributed by atoms with Crippen molar-refractivity contribution in [3.05, 3.63) is 11.6 Å². The summed E-state index contributed by atoms with van der Waals surface area (Å²) < 4.78 is 5.69. The van der Waals surface area contributed by atoms with Crippen molar-refractivity contribution in [3.8, 4) is 0 Å². The second-order valence-electron chi connectivity index (χ2n) is 8.59. The van der Waals surface area contributed by atoms with Gasteiger partial charge in [-0.2, -0.15) is 0 Å². The van der Waals surface area contributed by atoms with Gasteiger partial charge in [-0.25, -0.2) is 4.79 Å². The Balaban J connectivity index is 3.26. The number of aliphatic hydroxyl groups excluding tert-OH is 2. The lowest BCUT2D eigenvalue weighted by Crippen LogP contribution is -2.41. The standard InChI is InChI=1S/C22H38O5/c1-8-9-18-16(6)21(25)17(7)20(24)14(4)10-12(2)19(23)13(3)11-15(5)22(26)27-18/h11-14,16-19,21,23,25H,8-10H2,1-7H3/b15-11+. The fourth-order valence-corrected chi connectivity index (χ4v) is 4.13. The number of hydrogen-bond acceptors (Lipinski definition) is 5. The summed E-state index contributed by atoms with van der Waals surface area (Å²) in [6.45, 7) is 12.9. The zero-order valence-electron chi connectivity index (χ0n) is 17.9. The van der Waals surface area contributed by atoms with Crippen LogP contribution in [0.5, 0.6) is 0 Å². The third-order valence-electron chi connectivity index (χ3n) is 6.09. The minimum atomic E-state index is -0.879. The molecule has 5 nitrogen and oxygen atoms in total. The van der Waals surface area contributed by atoms with Crippen molar-refractivity contribution in [2.24, 2.45) is 29.6 Å². The first-order valence-corrected chi connectivity index (χ1v) is 10.3. The van der Waals surface area contributed by atoms with E-state index in [1.54, 1.807) is 19.9 Å². The molecule has 156 valence electrons. The summed E-state index contributed by atoms with van der Waals surface area (Å²) in [7, 11) is 0. The molecule has 0 saturated carbocycles. The van der Waals surface area contributed by atoms with Crippen molar-refractivity contribution in [2.45, 2.75) is 86.0 Å². The van der Waals surface area contributed by atoms with Gasteiger partial charge in [0.2, 0.25) is 0 Å². The fraction of sp³-hybridized carbons (Fsp3) is 0.818. The van der Waals surface area contributed by atoms with Gasteiger partial charge in [-0.3, -0.25) is 4.79 Å². The van der Waals surface area contributed by atoms with E-state index in [0.717, 1.165) is 6.42 Å². The quantitative estimate of drug-likeness (QED) is 0.714. The molecule has 0 aromatic rings. The topological polar surface area (TPSA) is 83.8 Å². The molecule has 0 fully saturated rings. The largest absolute Gasteiger partial charge is 0.459 e. The van der Waals surface area contributed by atoms with Crippen LogP contribution in [0.1, 0.15) is 67.7 Å². The minimum absolute atomic E-state index is 0.00795. The van der Waals surface area contributed by atoms with Gasteiger partial charge in [-0.05, 0) is 25.7 Å².